The van der Waals surface area contributed by atoms with Crippen molar-refractivity contribution in [2.24, 2.45) is 28.9 Å². The van der Waals surface area contributed by atoms with Crippen molar-refractivity contribution in [2.75, 3.05) is 13.2 Å². The van der Waals surface area contributed by atoms with E-state index in [4.69, 9.17) is 54.7 Å². The molecule has 0 radical (unpaired) electrons. The highest BCUT2D eigenvalue weighted by atomic mass is 32.3. The first-order valence-corrected chi connectivity index (χ1v) is 13.2. The average Bonchev–Trinajstić information content (AvgIpc) is 2.83. The van der Waals surface area contributed by atoms with Crippen molar-refractivity contribution in [3.8, 4) is 0 Å². The summed E-state index contributed by atoms with van der Waals surface area (Å²) in [6.45, 7) is -0.525. The Kier molecular flexibility index (Phi) is 12.2. The third kappa shape index (κ3) is 8.17. The molecule has 0 spiro atoms. The van der Waals surface area contributed by atoms with Gasteiger partial charge in [0.1, 0.15) is 48.8 Å². The van der Waals surface area contributed by atoms with Gasteiger partial charge in [-0.1, -0.05) is 0 Å². The van der Waals surface area contributed by atoms with Gasteiger partial charge >= 0.3 is 10.4 Å². The van der Waals surface area contributed by atoms with Crippen LogP contribution in [0.4, 0.5) is 0 Å². The van der Waals surface area contributed by atoms with E-state index in [-0.39, 0.29) is 19.4 Å². The first kappa shape index (κ1) is 33.5. The number of rotatable bonds is 6. The molecule has 0 aromatic rings. The molecule has 0 aromatic heterocycles. The summed E-state index contributed by atoms with van der Waals surface area (Å²) < 4.78 is 48.6. The molecule has 1 saturated heterocycles. The maximum atomic E-state index is 11.0. The molecule has 226 valence electrons. The van der Waals surface area contributed by atoms with Crippen LogP contribution in [0.1, 0.15) is 12.8 Å². The molecule has 3 fully saturated rings. The fraction of sp³-hybridized carbons (Fsp3) is 1.00. The van der Waals surface area contributed by atoms with Crippen LogP contribution < -0.4 is 22.9 Å². The standard InChI is InChI=1S/C19H38N4O10.H2O4S/c20-3-5-1-8(13(27)15(29)11(5)25)31-17-6(21)2-7(22)18(16(17)30)33-19-14(28)10(23)12(26)9(4-24)32-19;1-5(2,3)4/h5-19,24-30H,1-4,20-23H2;(H2,1,2,3,4). The molecule has 3 rings (SSSR count). The minimum Gasteiger partial charge on any atom is -0.394 e. The van der Waals surface area contributed by atoms with Crippen molar-refractivity contribution in [3.05, 3.63) is 0 Å². The highest BCUT2D eigenvalue weighted by molar-refractivity contribution is 7.79. The average molecular weight is 581 g/mol. The molecule has 15 atom stereocenters. The van der Waals surface area contributed by atoms with Crippen molar-refractivity contribution in [2.45, 2.75) is 98.3 Å². The maximum absolute atomic E-state index is 11.0. The zero-order chi connectivity index (χ0) is 29.1. The van der Waals surface area contributed by atoms with Gasteiger partial charge in [-0.25, -0.2) is 0 Å². The van der Waals surface area contributed by atoms with Crippen LogP contribution in [0.2, 0.25) is 0 Å². The summed E-state index contributed by atoms with van der Waals surface area (Å²) >= 11 is 0. The molecule has 1 aliphatic heterocycles. The monoisotopic (exact) mass is 580 g/mol. The molecule has 0 aromatic carbocycles. The predicted octanol–water partition coefficient (Wildman–Crippen LogP) is -7.28. The number of aliphatic hydroxyl groups excluding tert-OH is 7. The van der Waals surface area contributed by atoms with Crippen molar-refractivity contribution >= 4 is 10.4 Å². The van der Waals surface area contributed by atoms with Crippen LogP contribution in [0.3, 0.4) is 0 Å². The van der Waals surface area contributed by atoms with Gasteiger partial charge in [-0.2, -0.15) is 8.42 Å². The first-order valence-electron chi connectivity index (χ1n) is 11.8. The Hall–Kier alpha value is -0.690. The van der Waals surface area contributed by atoms with Gasteiger partial charge in [0.25, 0.3) is 0 Å². The highest BCUT2D eigenvalue weighted by Crippen LogP contribution is 2.33. The van der Waals surface area contributed by atoms with Crippen molar-refractivity contribution < 1.29 is 67.5 Å². The molecule has 19 heteroatoms. The smallest absolute Gasteiger partial charge is 0.394 e. The summed E-state index contributed by atoms with van der Waals surface area (Å²) in [5.74, 6) is -0.534. The van der Waals surface area contributed by atoms with E-state index in [1.807, 2.05) is 0 Å². The predicted molar refractivity (Wildman–Crippen MR) is 125 cm³/mol. The third-order valence-corrected chi connectivity index (χ3v) is 7.02. The maximum Gasteiger partial charge on any atom is 0.394 e. The van der Waals surface area contributed by atoms with Crippen LogP contribution in [0.15, 0.2) is 0 Å². The molecule has 2 saturated carbocycles. The normalized spacial score (nSPS) is 48.2. The molecule has 17 N–H and O–H groups in total. The van der Waals surface area contributed by atoms with Gasteiger partial charge in [-0.15, -0.1) is 0 Å². The van der Waals surface area contributed by atoms with Crippen LogP contribution in [0.25, 0.3) is 0 Å². The van der Waals surface area contributed by atoms with Crippen LogP contribution in [0.5, 0.6) is 0 Å². The molecule has 38 heavy (non-hydrogen) atoms. The van der Waals surface area contributed by atoms with Gasteiger partial charge in [-0.05, 0) is 19.4 Å². The van der Waals surface area contributed by atoms with Gasteiger partial charge in [0.15, 0.2) is 6.29 Å². The van der Waals surface area contributed by atoms with E-state index in [1.54, 1.807) is 0 Å². The zero-order valence-electron chi connectivity index (χ0n) is 20.3. The summed E-state index contributed by atoms with van der Waals surface area (Å²) in [4.78, 5) is 0. The van der Waals surface area contributed by atoms with E-state index >= 15 is 0 Å². The fourth-order valence-corrected chi connectivity index (χ4v) is 4.87. The minimum absolute atomic E-state index is 0.0513. The van der Waals surface area contributed by atoms with Crippen molar-refractivity contribution in [1.82, 2.24) is 0 Å². The quantitative estimate of drug-likeness (QED) is 0.130. The second kappa shape index (κ2) is 13.8. The Morgan fingerprint density at radius 2 is 1.29 bits per heavy atom. The lowest BCUT2D eigenvalue weighted by molar-refractivity contribution is -0.308. The zero-order valence-corrected chi connectivity index (χ0v) is 21.1. The number of ether oxygens (including phenoxy) is 3. The van der Waals surface area contributed by atoms with Gasteiger partial charge in [0.05, 0.1) is 24.9 Å². The molecule has 3 aliphatic rings. The summed E-state index contributed by atoms with van der Waals surface area (Å²) in [6, 6.07) is -2.72. The first-order chi connectivity index (χ1) is 17.5. The van der Waals surface area contributed by atoms with Gasteiger partial charge in [0.2, 0.25) is 0 Å². The van der Waals surface area contributed by atoms with Gasteiger partial charge in [-0.3, -0.25) is 9.11 Å². The Labute approximate surface area is 218 Å². The van der Waals surface area contributed by atoms with Crippen LogP contribution >= 0.6 is 0 Å². The topological polar surface area (TPSA) is 348 Å². The Morgan fingerprint density at radius 3 is 1.79 bits per heavy atom. The molecular weight excluding hydrogens is 540 g/mol. The summed E-state index contributed by atoms with van der Waals surface area (Å²) in [5, 5.41) is 71.3. The van der Waals surface area contributed by atoms with E-state index < -0.39 is 108 Å². The Morgan fingerprint density at radius 1 is 0.763 bits per heavy atom. The minimum atomic E-state index is -4.67. The molecule has 1 heterocycles. The van der Waals surface area contributed by atoms with E-state index in [9.17, 15) is 35.7 Å². The van der Waals surface area contributed by atoms with Crippen molar-refractivity contribution in [1.29, 1.82) is 0 Å². The third-order valence-electron chi connectivity index (χ3n) is 7.02. The number of nitrogens with two attached hydrogens (primary N) is 4. The van der Waals surface area contributed by atoms with E-state index in [0.717, 1.165) is 0 Å². The second-order valence-electron chi connectivity index (χ2n) is 9.73. The summed E-state index contributed by atoms with van der Waals surface area (Å²) in [5.41, 5.74) is 23.7. The molecule has 15 unspecified atom stereocenters. The molecule has 0 amide bonds. The largest absolute Gasteiger partial charge is 0.394 e. The molecular formula is C19H40N4O14S. The van der Waals surface area contributed by atoms with Crippen molar-refractivity contribution in [3.63, 3.8) is 0 Å². The lowest BCUT2D eigenvalue weighted by Gasteiger charge is -2.48. The lowest BCUT2D eigenvalue weighted by atomic mass is 9.79. The van der Waals surface area contributed by atoms with E-state index in [0.29, 0.717) is 0 Å². The van der Waals surface area contributed by atoms with E-state index in [1.165, 1.54) is 0 Å². The Bertz CT molecular complexity index is 782. The van der Waals surface area contributed by atoms with Crippen LogP contribution in [0, 0.1) is 5.92 Å². The Balaban J connectivity index is 0.000000926. The number of hydrogen-bond acceptors (Lipinski definition) is 16. The molecule has 0 bridgehead atoms. The summed E-state index contributed by atoms with van der Waals surface area (Å²) in [7, 11) is -4.67. The lowest BCUT2D eigenvalue weighted by Crippen LogP contribution is -2.68. The molecule has 18 nitrogen and oxygen atoms in total. The number of hydrogen-bond donors (Lipinski definition) is 13. The van der Waals surface area contributed by atoms with Gasteiger partial charge < -0.3 is 72.9 Å². The second-order valence-corrected chi connectivity index (χ2v) is 10.6. The van der Waals surface area contributed by atoms with Gasteiger partial charge in [0, 0.05) is 18.0 Å². The van der Waals surface area contributed by atoms with E-state index in [2.05, 4.69) is 0 Å². The SMILES string of the molecule is NCC1CC(OC2C(N)CC(N)C(OC3OC(CO)C(O)C(N)C3O)C2O)C(O)C(O)C1O.O=S(=O)(O)O. The highest BCUT2D eigenvalue weighted by Gasteiger charge is 2.51. The fourth-order valence-electron chi connectivity index (χ4n) is 4.87. The summed E-state index contributed by atoms with van der Waals surface area (Å²) in [6.07, 6.45) is -13.8. The van der Waals surface area contributed by atoms with Crippen LogP contribution in [-0.4, -0.2) is 152 Å². The van der Waals surface area contributed by atoms with Crippen LogP contribution in [-0.2, 0) is 24.6 Å². The molecule has 2 aliphatic carbocycles. The number of aliphatic hydroxyl groups is 7.